The Balaban J connectivity index is 1.39. The van der Waals surface area contributed by atoms with E-state index in [1.165, 1.54) is 0 Å². The lowest BCUT2D eigenvalue weighted by molar-refractivity contribution is 0.0696. The topological polar surface area (TPSA) is 75.4 Å². The molecule has 0 radical (unpaired) electrons. The van der Waals surface area contributed by atoms with E-state index in [1.807, 2.05) is 47.5 Å². The van der Waals surface area contributed by atoms with Crippen LogP contribution in [-0.4, -0.2) is 44.8 Å². The van der Waals surface area contributed by atoms with Crippen molar-refractivity contribution in [1.82, 2.24) is 14.7 Å². The van der Waals surface area contributed by atoms with E-state index in [0.29, 0.717) is 23.6 Å². The second kappa shape index (κ2) is 7.68. The molecule has 1 fully saturated rings. The van der Waals surface area contributed by atoms with Crippen molar-refractivity contribution < 1.29 is 14.7 Å². The van der Waals surface area contributed by atoms with Crippen LogP contribution >= 0.6 is 0 Å². The summed E-state index contributed by atoms with van der Waals surface area (Å²) in [5, 5.41) is 13.3. The maximum Gasteiger partial charge on any atom is 0.335 e. The average Bonchev–Trinajstić information content (AvgIpc) is 3.40. The zero-order chi connectivity index (χ0) is 19.5. The molecule has 6 heteroatoms. The molecule has 4 rings (SSSR count). The molecule has 28 heavy (non-hydrogen) atoms. The Morgan fingerprint density at radius 2 is 1.89 bits per heavy atom. The lowest BCUT2D eigenvalue weighted by Crippen LogP contribution is -2.28. The van der Waals surface area contributed by atoms with Gasteiger partial charge in [0.15, 0.2) is 0 Å². The zero-order valence-corrected chi connectivity index (χ0v) is 15.4. The van der Waals surface area contributed by atoms with Crippen molar-refractivity contribution in [3.8, 4) is 5.69 Å². The number of carbonyl (C=O) groups is 2. The van der Waals surface area contributed by atoms with Gasteiger partial charge in [-0.15, -0.1) is 0 Å². The number of hydrogen-bond acceptors (Lipinski definition) is 3. The van der Waals surface area contributed by atoms with Gasteiger partial charge in [-0.25, -0.2) is 9.48 Å². The molecular weight excluding hydrogens is 354 g/mol. The van der Waals surface area contributed by atoms with Gasteiger partial charge in [0, 0.05) is 31.0 Å². The molecule has 0 bridgehead atoms. The summed E-state index contributed by atoms with van der Waals surface area (Å²) in [4.78, 5) is 25.8. The third-order valence-electron chi connectivity index (χ3n) is 5.15. The minimum Gasteiger partial charge on any atom is -0.478 e. The molecule has 1 aliphatic rings. The first kappa shape index (κ1) is 18.0. The van der Waals surface area contributed by atoms with Gasteiger partial charge in [0.25, 0.3) is 5.91 Å². The number of carboxylic acids is 1. The highest BCUT2D eigenvalue weighted by Gasteiger charge is 2.27. The quantitative estimate of drug-likeness (QED) is 0.743. The van der Waals surface area contributed by atoms with Crippen LogP contribution in [0.15, 0.2) is 67.0 Å². The largest absolute Gasteiger partial charge is 0.478 e. The van der Waals surface area contributed by atoms with Crippen LogP contribution in [0.25, 0.3) is 5.69 Å². The lowest BCUT2D eigenvalue weighted by atomic mass is 9.97. The zero-order valence-electron chi connectivity index (χ0n) is 15.4. The average molecular weight is 375 g/mol. The fourth-order valence-corrected chi connectivity index (χ4v) is 3.71. The van der Waals surface area contributed by atoms with Crippen molar-refractivity contribution in [2.45, 2.75) is 12.8 Å². The summed E-state index contributed by atoms with van der Waals surface area (Å²) in [6.45, 7) is 1.42. The number of rotatable bonds is 5. The molecule has 0 aliphatic carbocycles. The van der Waals surface area contributed by atoms with E-state index in [2.05, 4.69) is 5.10 Å². The fraction of sp³-hybridized carbons (Fsp3) is 0.227. The second-order valence-corrected chi connectivity index (χ2v) is 7.11. The molecule has 1 amide bonds. The van der Waals surface area contributed by atoms with Crippen LogP contribution in [0.2, 0.25) is 0 Å². The Kier molecular flexibility index (Phi) is 4.93. The molecule has 2 aromatic carbocycles. The first-order chi connectivity index (χ1) is 13.6. The Hall–Kier alpha value is -3.41. The van der Waals surface area contributed by atoms with E-state index in [-0.39, 0.29) is 5.91 Å². The fourth-order valence-electron chi connectivity index (χ4n) is 3.71. The molecule has 3 aromatic rings. The number of carbonyl (C=O) groups excluding carboxylic acids is 1. The molecule has 1 aromatic heterocycles. The van der Waals surface area contributed by atoms with E-state index < -0.39 is 5.97 Å². The van der Waals surface area contributed by atoms with Crippen LogP contribution in [0.4, 0.5) is 0 Å². The standard InChI is InChI=1S/C22H21N3O3/c26-21(18-5-7-20(8-6-18)25-11-2-10-23-25)24-12-9-17(15-24)13-16-3-1-4-19(14-16)22(27)28/h1-8,10-11,14,17H,9,12-13,15H2,(H,27,28)/t17-/m1/s1. The molecule has 1 N–H and O–H groups in total. The second-order valence-electron chi connectivity index (χ2n) is 7.11. The molecule has 6 nitrogen and oxygen atoms in total. The molecule has 1 atom stereocenters. The van der Waals surface area contributed by atoms with Gasteiger partial charge in [0.1, 0.15) is 0 Å². The summed E-state index contributed by atoms with van der Waals surface area (Å²) in [6.07, 6.45) is 5.29. The molecule has 1 saturated heterocycles. The minimum absolute atomic E-state index is 0.0359. The summed E-state index contributed by atoms with van der Waals surface area (Å²) in [7, 11) is 0. The summed E-state index contributed by atoms with van der Waals surface area (Å²) in [6, 6.07) is 16.4. The normalized spacial score (nSPS) is 16.3. The van der Waals surface area contributed by atoms with E-state index in [0.717, 1.165) is 30.6 Å². The third kappa shape index (κ3) is 3.81. The first-order valence-electron chi connectivity index (χ1n) is 9.32. The number of likely N-dealkylation sites (tertiary alicyclic amines) is 1. The smallest absolute Gasteiger partial charge is 0.335 e. The number of benzene rings is 2. The van der Waals surface area contributed by atoms with Gasteiger partial charge in [-0.3, -0.25) is 4.79 Å². The summed E-state index contributed by atoms with van der Waals surface area (Å²) < 4.78 is 1.76. The molecule has 0 spiro atoms. The van der Waals surface area contributed by atoms with Crippen LogP contribution in [-0.2, 0) is 6.42 Å². The van der Waals surface area contributed by atoms with E-state index >= 15 is 0 Å². The van der Waals surface area contributed by atoms with Gasteiger partial charge in [-0.2, -0.15) is 5.10 Å². The first-order valence-corrected chi connectivity index (χ1v) is 9.32. The maximum atomic E-state index is 12.8. The van der Waals surface area contributed by atoms with Gasteiger partial charge in [0.2, 0.25) is 0 Å². The Bertz CT molecular complexity index is 981. The van der Waals surface area contributed by atoms with Crippen LogP contribution in [0, 0.1) is 5.92 Å². The highest BCUT2D eigenvalue weighted by molar-refractivity contribution is 5.94. The molecule has 0 saturated carbocycles. The van der Waals surface area contributed by atoms with Gasteiger partial charge < -0.3 is 10.0 Å². The van der Waals surface area contributed by atoms with Gasteiger partial charge in [0.05, 0.1) is 11.3 Å². The van der Waals surface area contributed by atoms with Crippen molar-refractivity contribution in [2.75, 3.05) is 13.1 Å². The van der Waals surface area contributed by atoms with E-state index in [4.69, 9.17) is 5.11 Å². The minimum atomic E-state index is -0.913. The summed E-state index contributed by atoms with van der Waals surface area (Å²) >= 11 is 0. The van der Waals surface area contributed by atoms with E-state index in [9.17, 15) is 9.59 Å². The SMILES string of the molecule is O=C(O)c1cccc(C[C@H]2CCN(C(=O)c3ccc(-n4cccn4)cc3)C2)c1. The predicted molar refractivity (Wildman–Crippen MR) is 105 cm³/mol. The van der Waals surface area contributed by atoms with Crippen LogP contribution in [0.5, 0.6) is 0 Å². The number of nitrogens with zero attached hydrogens (tertiary/aromatic N) is 3. The molecular formula is C22H21N3O3. The highest BCUT2D eigenvalue weighted by Crippen LogP contribution is 2.23. The number of hydrogen-bond donors (Lipinski definition) is 1. The van der Waals surface area contributed by atoms with Crippen molar-refractivity contribution in [3.05, 3.63) is 83.7 Å². The van der Waals surface area contributed by atoms with Crippen molar-refractivity contribution >= 4 is 11.9 Å². The Labute approximate surface area is 163 Å². The van der Waals surface area contributed by atoms with Crippen molar-refractivity contribution in [3.63, 3.8) is 0 Å². The van der Waals surface area contributed by atoms with Crippen molar-refractivity contribution in [1.29, 1.82) is 0 Å². The van der Waals surface area contributed by atoms with E-state index in [1.54, 1.807) is 29.1 Å². The summed E-state index contributed by atoms with van der Waals surface area (Å²) in [5.74, 6) is -0.534. The monoisotopic (exact) mass is 375 g/mol. The molecule has 0 unspecified atom stereocenters. The van der Waals surface area contributed by atoms with Gasteiger partial charge in [-0.1, -0.05) is 12.1 Å². The third-order valence-corrected chi connectivity index (χ3v) is 5.15. The maximum absolute atomic E-state index is 12.8. The Morgan fingerprint density at radius 1 is 1.07 bits per heavy atom. The molecule has 2 heterocycles. The molecule has 142 valence electrons. The number of aromatic nitrogens is 2. The lowest BCUT2D eigenvalue weighted by Gasteiger charge is -2.17. The summed E-state index contributed by atoms with van der Waals surface area (Å²) in [5.41, 5.74) is 2.90. The van der Waals surface area contributed by atoms with Crippen LogP contribution in [0.3, 0.4) is 0 Å². The number of carboxylic acid groups (broad SMARTS) is 1. The van der Waals surface area contributed by atoms with Crippen molar-refractivity contribution in [2.24, 2.45) is 5.92 Å². The predicted octanol–water partition coefficient (Wildman–Crippen LogP) is 3.28. The Morgan fingerprint density at radius 3 is 2.61 bits per heavy atom. The van der Waals surface area contributed by atoms with Gasteiger partial charge in [-0.05, 0) is 66.8 Å². The number of amides is 1. The number of aromatic carboxylic acids is 1. The highest BCUT2D eigenvalue weighted by atomic mass is 16.4. The van der Waals surface area contributed by atoms with Gasteiger partial charge >= 0.3 is 5.97 Å². The van der Waals surface area contributed by atoms with Crippen LogP contribution < -0.4 is 0 Å². The molecule has 1 aliphatic heterocycles. The van der Waals surface area contributed by atoms with Crippen LogP contribution in [0.1, 0.15) is 32.7 Å².